The summed E-state index contributed by atoms with van der Waals surface area (Å²) in [6, 6.07) is 7.89. The molecule has 1 saturated heterocycles. The quantitative estimate of drug-likeness (QED) is 0.798. The van der Waals surface area contributed by atoms with E-state index in [0.29, 0.717) is 12.0 Å². The second-order valence-electron chi connectivity index (χ2n) is 7.12. The Hall–Kier alpha value is -1.43. The zero-order valence-electron chi connectivity index (χ0n) is 15.2. The van der Waals surface area contributed by atoms with Crippen LogP contribution in [0.2, 0.25) is 0 Å². The molecule has 1 fully saturated rings. The molecule has 1 aromatic carbocycles. The Morgan fingerprint density at radius 2 is 2.00 bits per heavy atom. The van der Waals surface area contributed by atoms with Crippen LogP contribution in [0.5, 0.6) is 0 Å². The van der Waals surface area contributed by atoms with Crippen molar-refractivity contribution in [1.29, 1.82) is 0 Å². The molecular formula is C19H31N3O2. The number of carbonyl (C=O) groups excluding carboxylic acids is 1. The van der Waals surface area contributed by atoms with Crippen molar-refractivity contribution in [2.75, 3.05) is 39.8 Å². The molecule has 1 atom stereocenters. The van der Waals surface area contributed by atoms with Crippen LogP contribution in [0.4, 0.5) is 0 Å². The van der Waals surface area contributed by atoms with Gasteiger partial charge in [0.05, 0.1) is 0 Å². The maximum Gasteiger partial charge on any atom is 0.251 e. The van der Waals surface area contributed by atoms with E-state index in [1.165, 1.54) is 5.56 Å². The Morgan fingerprint density at radius 3 is 2.62 bits per heavy atom. The number of rotatable bonds is 7. The monoisotopic (exact) mass is 333 g/mol. The SMILES string of the molecule is CCC(C)(CCO)NC(=O)c1cccc(CN2CCN(C)CC2)c1. The zero-order valence-corrected chi connectivity index (χ0v) is 15.2. The molecule has 0 aliphatic carbocycles. The second-order valence-corrected chi connectivity index (χ2v) is 7.12. The zero-order chi connectivity index (χ0) is 17.6. The van der Waals surface area contributed by atoms with Crippen LogP contribution in [0, 0.1) is 0 Å². The van der Waals surface area contributed by atoms with Gasteiger partial charge in [-0.2, -0.15) is 0 Å². The lowest BCUT2D eigenvalue weighted by Gasteiger charge is -2.32. The van der Waals surface area contributed by atoms with Gasteiger partial charge in [-0.05, 0) is 44.5 Å². The van der Waals surface area contributed by atoms with Gasteiger partial charge in [0.1, 0.15) is 0 Å². The molecule has 5 heteroatoms. The Balaban J connectivity index is 2.00. The third-order valence-corrected chi connectivity index (χ3v) is 5.05. The molecule has 24 heavy (non-hydrogen) atoms. The van der Waals surface area contributed by atoms with E-state index in [4.69, 9.17) is 0 Å². The minimum Gasteiger partial charge on any atom is -0.396 e. The predicted molar refractivity (Wildman–Crippen MR) is 97.1 cm³/mol. The van der Waals surface area contributed by atoms with E-state index in [0.717, 1.165) is 39.1 Å². The number of likely N-dealkylation sites (N-methyl/N-ethyl adjacent to an activating group) is 1. The van der Waals surface area contributed by atoms with E-state index < -0.39 is 0 Å². The first-order valence-electron chi connectivity index (χ1n) is 8.89. The lowest BCUT2D eigenvalue weighted by atomic mass is 9.94. The molecule has 1 heterocycles. The van der Waals surface area contributed by atoms with Crippen LogP contribution in [-0.4, -0.2) is 66.2 Å². The molecule has 1 aromatic rings. The number of benzene rings is 1. The summed E-state index contributed by atoms with van der Waals surface area (Å²) in [4.78, 5) is 17.3. The number of carbonyl (C=O) groups is 1. The molecule has 0 spiro atoms. The first-order chi connectivity index (χ1) is 11.5. The molecule has 1 amide bonds. The van der Waals surface area contributed by atoms with Crippen LogP contribution < -0.4 is 5.32 Å². The molecule has 0 saturated carbocycles. The van der Waals surface area contributed by atoms with Crippen molar-refractivity contribution in [2.24, 2.45) is 0 Å². The van der Waals surface area contributed by atoms with Gasteiger partial charge in [-0.25, -0.2) is 0 Å². The van der Waals surface area contributed by atoms with Gasteiger partial charge in [0.25, 0.3) is 5.91 Å². The smallest absolute Gasteiger partial charge is 0.251 e. The van der Waals surface area contributed by atoms with Crippen molar-refractivity contribution in [3.63, 3.8) is 0 Å². The lowest BCUT2D eigenvalue weighted by molar-refractivity contribution is 0.0886. The normalized spacial score (nSPS) is 19.0. The van der Waals surface area contributed by atoms with E-state index in [-0.39, 0.29) is 18.1 Å². The van der Waals surface area contributed by atoms with Crippen molar-refractivity contribution < 1.29 is 9.90 Å². The number of hydrogen-bond donors (Lipinski definition) is 2. The largest absolute Gasteiger partial charge is 0.396 e. The predicted octanol–water partition coefficient (Wildman–Crippen LogP) is 1.71. The lowest BCUT2D eigenvalue weighted by Crippen LogP contribution is -2.46. The maximum absolute atomic E-state index is 12.6. The number of piperazine rings is 1. The van der Waals surface area contributed by atoms with Gasteiger partial charge in [0, 0.05) is 50.4 Å². The molecule has 2 N–H and O–H groups in total. The fourth-order valence-electron chi connectivity index (χ4n) is 3.00. The number of amides is 1. The van der Waals surface area contributed by atoms with E-state index in [2.05, 4.69) is 28.2 Å². The van der Waals surface area contributed by atoms with Crippen LogP contribution in [0.3, 0.4) is 0 Å². The summed E-state index contributed by atoms with van der Waals surface area (Å²) in [7, 11) is 2.15. The van der Waals surface area contributed by atoms with E-state index in [9.17, 15) is 9.90 Å². The van der Waals surface area contributed by atoms with Gasteiger partial charge in [-0.1, -0.05) is 19.1 Å². The summed E-state index contributed by atoms with van der Waals surface area (Å²) in [6.45, 7) is 9.29. The third kappa shape index (κ3) is 5.30. The first-order valence-corrected chi connectivity index (χ1v) is 8.89. The molecule has 0 radical (unpaired) electrons. The van der Waals surface area contributed by atoms with Gasteiger partial charge in [-0.15, -0.1) is 0 Å². The van der Waals surface area contributed by atoms with Gasteiger partial charge < -0.3 is 15.3 Å². The highest BCUT2D eigenvalue weighted by Crippen LogP contribution is 2.16. The van der Waals surface area contributed by atoms with Crippen molar-refractivity contribution in [2.45, 2.75) is 38.8 Å². The Bertz CT molecular complexity index is 541. The average Bonchev–Trinajstić information content (AvgIpc) is 2.57. The van der Waals surface area contributed by atoms with Crippen molar-refractivity contribution in [3.05, 3.63) is 35.4 Å². The fraction of sp³-hybridized carbons (Fsp3) is 0.632. The molecule has 1 aliphatic rings. The number of nitrogens with zero attached hydrogens (tertiary/aromatic N) is 2. The maximum atomic E-state index is 12.6. The van der Waals surface area contributed by atoms with Gasteiger partial charge in [0.15, 0.2) is 0 Å². The number of nitrogens with one attached hydrogen (secondary N) is 1. The van der Waals surface area contributed by atoms with Crippen molar-refractivity contribution in [1.82, 2.24) is 15.1 Å². The number of hydrogen-bond acceptors (Lipinski definition) is 4. The molecule has 1 aliphatic heterocycles. The molecule has 5 nitrogen and oxygen atoms in total. The van der Waals surface area contributed by atoms with E-state index in [1.807, 2.05) is 32.0 Å². The van der Waals surface area contributed by atoms with E-state index >= 15 is 0 Å². The number of aliphatic hydroxyl groups excluding tert-OH is 1. The van der Waals surface area contributed by atoms with Crippen LogP contribution in [0.15, 0.2) is 24.3 Å². The Morgan fingerprint density at radius 1 is 1.29 bits per heavy atom. The summed E-state index contributed by atoms with van der Waals surface area (Å²) < 4.78 is 0. The van der Waals surface area contributed by atoms with Gasteiger partial charge in [0.2, 0.25) is 0 Å². The summed E-state index contributed by atoms with van der Waals surface area (Å²) in [5, 5.41) is 12.3. The molecule has 134 valence electrons. The molecular weight excluding hydrogens is 302 g/mol. The van der Waals surface area contributed by atoms with Crippen molar-refractivity contribution in [3.8, 4) is 0 Å². The van der Waals surface area contributed by atoms with E-state index in [1.54, 1.807) is 0 Å². The van der Waals surface area contributed by atoms with Crippen LogP contribution in [0.1, 0.15) is 42.6 Å². The second kappa shape index (κ2) is 8.60. The highest BCUT2D eigenvalue weighted by atomic mass is 16.3. The minimum atomic E-state index is -0.362. The summed E-state index contributed by atoms with van der Waals surface area (Å²) >= 11 is 0. The topological polar surface area (TPSA) is 55.8 Å². The van der Waals surface area contributed by atoms with Crippen molar-refractivity contribution >= 4 is 5.91 Å². The third-order valence-electron chi connectivity index (χ3n) is 5.05. The minimum absolute atomic E-state index is 0.0620. The van der Waals surface area contributed by atoms with Crippen LogP contribution in [0.25, 0.3) is 0 Å². The first kappa shape index (κ1) is 18.9. The summed E-state index contributed by atoms with van der Waals surface area (Å²) in [5.41, 5.74) is 1.51. The van der Waals surface area contributed by atoms with Crippen LogP contribution >= 0.6 is 0 Å². The highest BCUT2D eigenvalue weighted by Gasteiger charge is 2.24. The van der Waals surface area contributed by atoms with Gasteiger partial charge in [-0.3, -0.25) is 9.69 Å². The standard InChI is InChI=1S/C19H31N3O2/c1-4-19(2,8-13-23)20-18(24)17-7-5-6-16(14-17)15-22-11-9-21(3)10-12-22/h5-7,14,23H,4,8-13,15H2,1-3H3,(H,20,24). The average molecular weight is 333 g/mol. The summed E-state index contributed by atoms with van der Waals surface area (Å²) in [6.07, 6.45) is 1.36. The van der Waals surface area contributed by atoms with Gasteiger partial charge >= 0.3 is 0 Å². The highest BCUT2D eigenvalue weighted by molar-refractivity contribution is 5.94. The number of aliphatic hydroxyl groups is 1. The molecule has 2 rings (SSSR count). The summed E-state index contributed by atoms with van der Waals surface area (Å²) in [5.74, 6) is -0.0620. The Labute approximate surface area is 145 Å². The fourth-order valence-corrected chi connectivity index (χ4v) is 3.00. The Kier molecular flexibility index (Phi) is 6.78. The molecule has 0 bridgehead atoms. The molecule has 1 unspecified atom stereocenters. The van der Waals surface area contributed by atoms with Crippen LogP contribution in [-0.2, 0) is 6.54 Å². The molecule has 0 aromatic heterocycles.